The summed E-state index contributed by atoms with van der Waals surface area (Å²) >= 11 is 0. The molecule has 1 aliphatic carbocycles. The third kappa shape index (κ3) is 4.25. The zero-order valence-corrected chi connectivity index (χ0v) is 21.5. The summed E-state index contributed by atoms with van der Waals surface area (Å²) < 4.78 is 26.9. The Hall–Kier alpha value is -4.02. The molecule has 2 saturated heterocycles. The highest BCUT2D eigenvalue weighted by Gasteiger charge is 2.40. The molecule has 3 atom stereocenters. The van der Waals surface area contributed by atoms with E-state index in [9.17, 15) is 9.59 Å². The number of anilines is 2. The van der Waals surface area contributed by atoms with Crippen molar-refractivity contribution in [1.29, 1.82) is 0 Å². The van der Waals surface area contributed by atoms with E-state index >= 15 is 4.39 Å². The van der Waals surface area contributed by atoms with Crippen molar-refractivity contribution in [1.82, 2.24) is 20.5 Å². The second kappa shape index (κ2) is 9.38. The number of aryl methyl sites for hydroxylation is 1. The first-order valence-corrected chi connectivity index (χ1v) is 12.9. The average Bonchev–Trinajstić information content (AvgIpc) is 3.64. The first-order valence-electron chi connectivity index (χ1n) is 12.9. The van der Waals surface area contributed by atoms with E-state index in [0.717, 1.165) is 29.8 Å². The number of nitrogens with one attached hydrogen (secondary N) is 2. The number of hydrogen-bond donors (Lipinski definition) is 2. The number of halogens is 1. The van der Waals surface area contributed by atoms with Gasteiger partial charge in [-0.3, -0.25) is 19.9 Å². The quantitative estimate of drug-likeness (QED) is 0.449. The van der Waals surface area contributed by atoms with Crippen LogP contribution in [-0.4, -0.2) is 52.7 Å². The Labute approximate surface area is 219 Å². The summed E-state index contributed by atoms with van der Waals surface area (Å²) in [6, 6.07) is 7.60. The summed E-state index contributed by atoms with van der Waals surface area (Å²) in [7, 11) is 1.41. The summed E-state index contributed by atoms with van der Waals surface area (Å²) in [6.45, 7) is 4.55. The van der Waals surface area contributed by atoms with Crippen molar-refractivity contribution in [2.75, 3.05) is 23.9 Å². The molecule has 6 rings (SSSR count). The van der Waals surface area contributed by atoms with E-state index < -0.39 is 17.6 Å². The van der Waals surface area contributed by atoms with Gasteiger partial charge in [-0.25, -0.2) is 4.39 Å². The Morgan fingerprint density at radius 3 is 2.68 bits per heavy atom. The molecule has 0 bridgehead atoms. The number of amides is 2. The lowest BCUT2D eigenvalue weighted by Gasteiger charge is -2.48. The zero-order chi connectivity index (χ0) is 26.6. The molecular weight excluding hydrogens is 491 g/mol. The Morgan fingerprint density at radius 2 is 1.97 bits per heavy atom. The summed E-state index contributed by atoms with van der Waals surface area (Å²) in [5, 5.41) is 14.0. The van der Waals surface area contributed by atoms with Gasteiger partial charge >= 0.3 is 6.01 Å². The van der Waals surface area contributed by atoms with Gasteiger partial charge in [0, 0.05) is 36.2 Å². The highest BCUT2D eigenvalue weighted by atomic mass is 19.1. The number of benzene rings is 1. The fourth-order valence-corrected chi connectivity index (χ4v) is 5.31. The van der Waals surface area contributed by atoms with Gasteiger partial charge in [-0.1, -0.05) is 11.2 Å². The van der Waals surface area contributed by atoms with Crippen LogP contribution in [0, 0.1) is 12.7 Å². The van der Waals surface area contributed by atoms with Crippen molar-refractivity contribution in [3.8, 4) is 17.2 Å². The minimum atomic E-state index is -0.727. The van der Waals surface area contributed by atoms with Gasteiger partial charge in [0.2, 0.25) is 11.8 Å². The summed E-state index contributed by atoms with van der Waals surface area (Å²) in [5.74, 6) is -1.16. The number of rotatable bonds is 7. The molecule has 3 aromatic rings. The van der Waals surface area contributed by atoms with Crippen molar-refractivity contribution >= 4 is 23.5 Å². The van der Waals surface area contributed by atoms with Crippen LogP contribution in [0.15, 0.2) is 28.7 Å². The standard InChI is InChI=1S/C27H29FN6O4/c1-13-4-7-18(23(29-13)15-5-6-15)26-32-33-27(38-26)30-19-12-34(14(19)2)20-10-8-16(22(28)24(20)37-3)17-9-11-21(35)31-25(17)36/h4,7-8,10,14-15,17,19H,5-6,9,11-12H2,1-3H3,(H,30,33)(H,31,35,36)/t14-,17?,19+/m1/s1. The number of carbonyl (C=O) groups is 2. The van der Waals surface area contributed by atoms with Crippen LogP contribution in [0.2, 0.25) is 0 Å². The lowest BCUT2D eigenvalue weighted by atomic mass is 9.89. The number of pyridine rings is 1. The SMILES string of the molecule is COc1c(N2C[C@H](Nc3nnc(-c4ccc(C)nc4C4CC4)o3)[C@H]2C)ccc(C2CCC(=O)NC2=O)c1F. The topological polar surface area (TPSA) is 122 Å². The van der Waals surface area contributed by atoms with E-state index in [1.54, 1.807) is 12.1 Å². The first-order chi connectivity index (χ1) is 18.3. The molecule has 2 N–H and O–H groups in total. The van der Waals surface area contributed by atoms with Crippen LogP contribution in [0.3, 0.4) is 0 Å². The molecule has 11 heteroatoms. The van der Waals surface area contributed by atoms with E-state index in [2.05, 4.69) is 20.8 Å². The van der Waals surface area contributed by atoms with Crippen LogP contribution < -0.4 is 20.3 Å². The summed E-state index contributed by atoms with van der Waals surface area (Å²) in [6.07, 6.45) is 2.69. The molecule has 3 aliphatic rings. The third-order valence-electron chi connectivity index (χ3n) is 7.69. The van der Waals surface area contributed by atoms with Crippen LogP contribution in [0.1, 0.15) is 61.4 Å². The molecule has 2 aromatic heterocycles. The molecule has 1 unspecified atom stereocenters. The predicted octanol–water partition coefficient (Wildman–Crippen LogP) is 3.67. The van der Waals surface area contributed by atoms with Crippen molar-refractivity contribution in [3.63, 3.8) is 0 Å². The van der Waals surface area contributed by atoms with E-state index in [0.29, 0.717) is 30.1 Å². The smallest absolute Gasteiger partial charge is 0.316 e. The highest BCUT2D eigenvalue weighted by molar-refractivity contribution is 6.01. The average molecular weight is 521 g/mol. The number of nitrogens with zero attached hydrogens (tertiary/aromatic N) is 4. The molecule has 4 heterocycles. The number of carbonyl (C=O) groups excluding carboxylic acids is 2. The van der Waals surface area contributed by atoms with Gasteiger partial charge in [0.1, 0.15) is 0 Å². The minimum Gasteiger partial charge on any atom is -0.492 e. The third-order valence-corrected chi connectivity index (χ3v) is 7.69. The van der Waals surface area contributed by atoms with E-state index in [4.69, 9.17) is 14.1 Å². The van der Waals surface area contributed by atoms with Crippen LogP contribution in [0.25, 0.3) is 11.5 Å². The maximum absolute atomic E-state index is 15.5. The molecule has 0 radical (unpaired) electrons. The lowest BCUT2D eigenvalue weighted by Crippen LogP contribution is -2.62. The van der Waals surface area contributed by atoms with Gasteiger partial charge in [-0.05, 0) is 51.3 Å². The van der Waals surface area contributed by atoms with Crippen LogP contribution in [0.4, 0.5) is 16.1 Å². The molecule has 10 nitrogen and oxygen atoms in total. The second-order valence-electron chi connectivity index (χ2n) is 10.2. The molecule has 2 amide bonds. The monoisotopic (exact) mass is 520 g/mol. The molecule has 198 valence electrons. The number of aromatic nitrogens is 3. The van der Waals surface area contributed by atoms with Gasteiger partial charge in [0.05, 0.1) is 36.0 Å². The van der Waals surface area contributed by atoms with E-state index in [1.807, 2.05) is 30.9 Å². The van der Waals surface area contributed by atoms with Crippen molar-refractivity contribution in [2.24, 2.45) is 0 Å². The zero-order valence-electron chi connectivity index (χ0n) is 21.5. The molecular formula is C27H29FN6O4. The Bertz CT molecular complexity index is 1420. The predicted molar refractivity (Wildman–Crippen MR) is 137 cm³/mol. The number of imide groups is 1. The van der Waals surface area contributed by atoms with Gasteiger partial charge < -0.3 is 19.4 Å². The lowest BCUT2D eigenvalue weighted by molar-refractivity contribution is -0.134. The molecule has 3 fully saturated rings. The fraction of sp³-hybridized carbons (Fsp3) is 0.444. The van der Waals surface area contributed by atoms with E-state index in [-0.39, 0.29) is 42.1 Å². The molecule has 0 spiro atoms. The van der Waals surface area contributed by atoms with Gasteiger partial charge in [0.25, 0.3) is 5.89 Å². The number of hydrogen-bond acceptors (Lipinski definition) is 9. The minimum absolute atomic E-state index is 0.00933. The molecule has 1 saturated carbocycles. The normalized spacial score (nSPS) is 23.2. The number of methoxy groups -OCH3 is 1. The fourth-order valence-electron chi connectivity index (χ4n) is 5.31. The first kappa shape index (κ1) is 24.3. The van der Waals surface area contributed by atoms with Crippen molar-refractivity contribution in [3.05, 3.63) is 47.0 Å². The Balaban J connectivity index is 1.16. The van der Waals surface area contributed by atoms with Crippen molar-refractivity contribution in [2.45, 2.75) is 63.5 Å². The Kier molecular flexibility index (Phi) is 6.00. The summed E-state index contributed by atoms with van der Waals surface area (Å²) in [5.41, 5.74) is 3.68. The van der Waals surface area contributed by atoms with Gasteiger partial charge in [0.15, 0.2) is 11.6 Å². The maximum atomic E-state index is 15.5. The maximum Gasteiger partial charge on any atom is 0.316 e. The highest BCUT2D eigenvalue weighted by Crippen LogP contribution is 2.44. The van der Waals surface area contributed by atoms with Crippen LogP contribution in [0.5, 0.6) is 5.75 Å². The summed E-state index contributed by atoms with van der Waals surface area (Å²) in [4.78, 5) is 30.5. The van der Waals surface area contributed by atoms with Gasteiger partial charge in [-0.2, -0.15) is 0 Å². The molecule has 2 aliphatic heterocycles. The van der Waals surface area contributed by atoms with E-state index in [1.165, 1.54) is 7.11 Å². The Morgan fingerprint density at radius 1 is 1.16 bits per heavy atom. The van der Waals surface area contributed by atoms with Crippen LogP contribution >= 0.6 is 0 Å². The molecule has 1 aromatic carbocycles. The molecule has 38 heavy (non-hydrogen) atoms. The second-order valence-corrected chi connectivity index (χ2v) is 10.2. The van der Waals surface area contributed by atoms with Crippen molar-refractivity contribution < 1.29 is 23.1 Å². The number of ether oxygens (including phenoxy) is 1. The number of piperidine rings is 1. The van der Waals surface area contributed by atoms with Crippen LogP contribution in [-0.2, 0) is 9.59 Å². The largest absolute Gasteiger partial charge is 0.492 e. The van der Waals surface area contributed by atoms with Gasteiger partial charge in [-0.15, -0.1) is 5.10 Å².